The van der Waals surface area contributed by atoms with Crippen LogP contribution in [0.1, 0.15) is 20.7 Å². The van der Waals surface area contributed by atoms with E-state index in [0.29, 0.717) is 11.3 Å². The lowest BCUT2D eigenvalue weighted by atomic mass is 10.0. The molecule has 120 valence electrons. The Bertz CT molecular complexity index is 701. The second-order valence-electron chi connectivity index (χ2n) is 4.74. The smallest absolute Gasteiger partial charge is 0.269 e. The van der Waals surface area contributed by atoms with E-state index in [4.69, 9.17) is 4.74 Å². The van der Waals surface area contributed by atoms with Crippen LogP contribution in [-0.4, -0.2) is 22.6 Å². The maximum absolute atomic E-state index is 12.5. The van der Waals surface area contributed by atoms with E-state index < -0.39 is 9.75 Å². The molecule has 0 amide bonds. The second kappa shape index (κ2) is 7.70. The third-order valence-corrected chi connectivity index (χ3v) is 6.02. The van der Waals surface area contributed by atoms with Gasteiger partial charge in [-0.2, -0.15) is 0 Å². The molecular weight excluding hydrogens is 430 g/mol. The molecule has 0 aliphatic heterocycles. The number of ketones is 1. The second-order valence-corrected chi connectivity index (χ2v) is 6.72. The van der Waals surface area contributed by atoms with Crippen LogP contribution in [0.5, 0.6) is 5.75 Å². The van der Waals surface area contributed by atoms with Crippen molar-refractivity contribution in [2.24, 2.45) is 0 Å². The number of carbonyl (C=O) groups is 1. The highest BCUT2D eigenvalue weighted by atomic mass is 79.9. The summed E-state index contributed by atoms with van der Waals surface area (Å²) in [6.45, 7) is 0. The van der Waals surface area contributed by atoms with Gasteiger partial charge < -0.3 is 4.74 Å². The molecule has 0 fully saturated rings. The number of ether oxygens (including phenoxy) is 1. The van der Waals surface area contributed by atoms with Gasteiger partial charge in [-0.3, -0.25) is 14.9 Å². The van der Waals surface area contributed by atoms with E-state index in [-0.39, 0.29) is 16.3 Å². The number of halogens is 2. The minimum absolute atomic E-state index is 0.0149. The largest absolute Gasteiger partial charge is 0.497 e. The first kappa shape index (κ1) is 17.6. The molecule has 0 spiro atoms. The Morgan fingerprint density at radius 2 is 1.65 bits per heavy atom. The zero-order valence-electron chi connectivity index (χ0n) is 12.1. The Morgan fingerprint density at radius 3 is 2.13 bits per heavy atom. The molecule has 2 rings (SSSR count). The Balaban J connectivity index is 2.15. The number of hydrogen-bond acceptors (Lipinski definition) is 4. The normalized spacial score (nSPS) is 13.2. The lowest BCUT2D eigenvalue weighted by Gasteiger charge is -2.16. The van der Waals surface area contributed by atoms with Crippen LogP contribution in [0.15, 0.2) is 48.5 Å². The summed E-state index contributed by atoms with van der Waals surface area (Å²) in [6.07, 6.45) is 0. The Morgan fingerprint density at radius 1 is 1.09 bits per heavy atom. The van der Waals surface area contributed by atoms with Crippen molar-refractivity contribution in [1.29, 1.82) is 0 Å². The molecule has 2 aromatic carbocycles. The number of hydrogen-bond donors (Lipinski definition) is 0. The first-order valence-electron chi connectivity index (χ1n) is 6.65. The Hall–Kier alpha value is -1.73. The molecule has 0 N–H and O–H groups in total. The first-order chi connectivity index (χ1) is 10.9. The summed E-state index contributed by atoms with van der Waals surface area (Å²) >= 11 is 6.88. The monoisotopic (exact) mass is 441 g/mol. The number of carbonyl (C=O) groups excluding carboxylic acids is 1. The van der Waals surface area contributed by atoms with Crippen molar-refractivity contribution in [3.63, 3.8) is 0 Å². The molecule has 0 aromatic heterocycles. The highest BCUT2D eigenvalue weighted by Gasteiger charge is 2.26. The van der Waals surface area contributed by atoms with E-state index in [1.807, 2.05) is 0 Å². The number of nitrogens with zero attached hydrogens (tertiary/aromatic N) is 1. The van der Waals surface area contributed by atoms with Crippen LogP contribution >= 0.6 is 31.9 Å². The number of nitro benzene ring substituents is 1. The number of nitro groups is 1. The van der Waals surface area contributed by atoms with E-state index >= 15 is 0 Å². The van der Waals surface area contributed by atoms with E-state index in [1.165, 1.54) is 12.1 Å². The van der Waals surface area contributed by atoms with Crippen molar-refractivity contribution >= 4 is 43.3 Å². The molecule has 0 saturated heterocycles. The fourth-order valence-corrected chi connectivity index (χ4v) is 3.11. The van der Waals surface area contributed by atoms with E-state index in [0.717, 1.165) is 5.56 Å². The summed E-state index contributed by atoms with van der Waals surface area (Å²) in [5.74, 6) is 0.589. The number of rotatable bonds is 6. The van der Waals surface area contributed by atoms with Crippen molar-refractivity contribution in [3.8, 4) is 5.75 Å². The van der Waals surface area contributed by atoms with Crippen molar-refractivity contribution in [2.75, 3.05) is 7.11 Å². The molecule has 23 heavy (non-hydrogen) atoms. The molecule has 0 saturated carbocycles. The average molecular weight is 443 g/mol. The van der Waals surface area contributed by atoms with Gasteiger partial charge >= 0.3 is 0 Å². The van der Waals surface area contributed by atoms with Gasteiger partial charge in [0.15, 0.2) is 5.78 Å². The highest BCUT2D eigenvalue weighted by molar-refractivity contribution is 9.12. The number of benzene rings is 2. The van der Waals surface area contributed by atoms with E-state index in [1.54, 1.807) is 43.5 Å². The number of Topliss-reactive ketones (excluding diaryl/α,β-unsaturated/α-hetero) is 1. The molecule has 0 aliphatic rings. The summed E-state index contributed by atoms with van der Waals surface area (Å²) in [4.78, 5) is 21.9. The summed E-state index contributed by atoms with van der Waals surface area (Å²) < 4.78 is 5.07. The number of methoxy groups -OCH3 is 1. The maximum Gasteiger partial charge on any atom is 0.269 e. The van der Waals surface area contributed by atoms with Gasteiger partial charge in [-0.15, -0.1) is 0 Å². The SMILES string of the molecule is COc1ccc(C(=O)[C@@H](Br)[C@@H](Br)c2ccc([N+](=O)[O-])cc2)cc1. The molecule has 0 heterocycles. The third-order valence-electron chi connectivity index (χ3n) is 3.30. The van der Waals surface area contributed by atoms with Crippen molar-refractivity contribution in [3.05, 3.63) is 69.8 Å². The summed E-state index contributed by atoms with van der Waals surface area (Å²) in [7, 11) is 1.56. The third kappa shape index (κ3) is 4.17. The molecule has 5 nitrogen and oxygen atoms in total. The van der Waals surface area contributed by atoms with Crippen molar-refractivity contribution in [1.82, 2.24) is 0 Å². The molecule has 2 aromatic rings. The molecule has 0 aliphatic carbocycles. The van der Waals surface area contributed by atoms with Crippen LogP contribution in [0.2, 0.25) is 0 Å². The lowest BCUT2D eigenvalue weighted by molar-refractivity contribution is -0.384. The van der Waals surface area contributed by atoms with E-state index in [2.05, 4.69) is 31.9 Å². The van der Waals surface area contributed by atoms with Gasteiger partial charge in [0.2, 0.25) is 0 Å². The summed E-state index contributed by atoms with van der Waals surface area (Å²) in [5, 5.41) is 10.7. The summed E-state index contributed by atoms with van der Waals surface area (Å²) in [6, 6.07) is 12.9. The van der Waals surface area contributed by atoms with Gasteiger partial charge in [-0.1, -0.05) is 44.0 Å². The number of alkyl halides is 2. The standard InChI is InChI=1S/C16H13Br2NO4/c1-23-13-8-4-11(5-9-13)16(20)15(18)14(17)10-2-6-12(7-3-10)19(21)22/h2-9,14-15H,1H3/t14-,15-/m0/s1. The highest BCUT2D eigenvalue weighted by Crippen LogP contribution is 2.34. The van der Waals surface area contributed by atoms with Crippen LogP contribution in [-0.2, 0) is 0 Å². The van der Waals surface area contributed by atoms with Crippen LogP contribution in [0.4, 0.5) is 5.69 Å². The predicted octanol–water partition coefficient (Wildman–Crippen LogP) is 4.69. The molecule has 7 heteroatoms. The summed E-state index contributed by atoms with van der Waals surface area (Å²) in [5.41, 5.74) is 1.35. The molecule has 0 radical (unpaired) electrons. The molecule has 2 atom stereocenters. The zero-order valence-corrected chi connectivity index (χ0v) is 15.3. The van der Waals surface area contributed by atoms with Gasteiger partial charge in [0.1, 0.15) is 5.75 Å². The van der Waals surface area contributed by atoms with Gasteiger partial charge in [0.05, 0.1) is 21.7 Å². The maximum atomic E-state index is 12.5. The average Bonchev–Trinajstić information content (AvgIpc) is 2.60. The minimum Gasteiger partial charge on any atom is -0.497 e. The van der Waals surface area contributed by atoms with Crippen molar-refractivity contribution in [2.45, 2.75) is 9.65 Å². The molecule has 0 unspecified atom stereocenters. The van der Waals surface area contributed by atoms with Crippen LogP contribution in [0.3, 0.4) is 0 Å². The van der Waals surface area contributed by atoms with Crippen LogP contribution in [0, 0.1) is 10.1 Å². The van der Waals surface area contributed by atoms with Gasteiger partial charge in [0, 0.05) is 17.7 Å². The molecule has 0 bridgehead atoms. The van der Waals surface area contributed by atoms with E-state index in [9.17, 15) is 14.9 Å². The predicted molar refractivity (Wildman–Crippen MR) is 94.8 cm³/mol. The fraction of sp³-hybridized carbons (Fsp3) is 0.188. The van der Waals surface area contributed by atoms with Crippen molar-refractivity contribution < 1.29 is 14.5 Å². The quantitative estimate of drug-likeness (QED) is 0.281. The first-order valence-corrected chi connectivity index (χ1v) is 8.48. The molecular formula is C16H13Br2NO4. The topological polar surface area (TPSA) is 69.4 Å². The van der Waals surface area contributed by atoms with Crippen LogP contribution in [0.25, 0.3) is 0 Å². The zero-order chi connectivity index (χ0) is 17.0. The Kier molecular flexibility index (Phi) is 5.90. The van der Waals surface area contributed by atoms with Gasteiger partial charge in [-0.25, -0.2) is 0 Å². The van der Waals surface area contributed by atoms with Crippen LogP contribution < -0.4 is 4.74 Å². The minimum atomic E-state index is -0.502. The Labute approximate surface area is 150 Å². The van der Waals surface area contributed by atoms with Gasteiger partial charge in [0.25, 0.3) is 5.69 Å². The number of non-ortho nitro benzene ring substituents is 1. The fourth-order valence-electron chi connectivity index (χ4n) is 2.00. The lowest BCUT2D eigenvalue weighted by Crippen LogP contribution is -2.19. The van der Waals surface area contributed by atoms with Gasteiger partial charge in [-0.05, 0) is 29.8 Å².